The van der Waals surface area contributed by atoms with Gasteiger partial charge in [0.2, 0.25) is 5.91 Å². The third-order valence-corrected chi connectivity index (χ3v) is 5.95. The minimum absolute atomic E-state index is 0.00533. The average molecular weight is 420 g/mol. The minimum Gasteiger partial charge on any atom is -0.497 e. The van der Waals surface area contributed by atoms with Crippen LogP contribution >= 0.6 is 11.8 Å². The molecule has 0 saturated carbocycles. The van der Waals surface area contributed by atoms with E-state index in [0.717, 1.165) is 35.9 Å². The van der Waals surface area contributed by atoms with Crippen molar-refractivity contribution < 1.29 is 9.53 Å². The Morgan fingerprint density at radius 3 is 2.97 bits per heavy atom. The lowest BCUT2D eigenvalue weighted by molar-refractivity contribution is -0.119. The number of aryl methyl sites for hydroxylation is 1. The van der Waals surface area contributed by atoms with E-state index in [1.807, 2.05) is 43.3 Å². The molecule has 1 amide bonds. The smallest absolute Gasteiger partial charge is 0.345 e. The summed E-state index contributed by atoms with van der Waals surface area (Å²) < 4.78 is 8.52. The highest BCUT2D eigenvalue weighted by molar-refractivity contribution is 8.00. The fourth-order valence-corrected chi connectivity index (χ4v) is 4.08. The minimum atomic E-state index is -0.0533. The molecule has 0 saturated heterocycles. The van der Waals surface area contributed by atoms with Crippen LogP contribution in [0.5, 0.6) is 5.75 Å². The third-order valence-electron chi connectivity index (χ3n) is 4.95. The topological polar surface area (TPSA) is 81.4 Å². The van der Waals surface area contributed by atoms with Gasteiger partial charge in [0.15, 0.2) is 0 Å². The number of rotatable bonds is 8. The highest BCUT2D eigenvalue weighted by Gasteiger charge is 2.22. The zero-order valence-corrected chi connectivity index (χ0v) is 18.1. The zero-order valence-electron chi connectivity index (χ0n) is 17.3. The lowest BCUT2D eigenvalue weighted by Gasteiger charge is -2.16. The molecule has 9 heteroatoms. The Balaban J connectivity index is 1.50. The molecule has 0 fully saturated rings. The van der Waals surface area contributed by atoms with Gasteiger partial charge in [0.05, 0.1) is 19.4 Å². The van der Waals surface area contributed by atoms with E-state index < -0.39 is 0 Å². The predicted octanol–water partition coefficient (Wildman–Crippen LogP) is 1.23. The maximum atomic E-state index is 12.6. The molecule has 2 heterocycles. The number of carbonyl (C=O) groups is 1. The summed E-state index contributed by atoms with van der Waals surface area (Å²) in [4.78, 5) is 28.0. The molecule has 1 atom stereocenters. The Bertz CT molecular complexity index is 892. The fourth-order valence-electron chi connectivity index (χ4n) is 3.32. The van der Waals surface area contributed by atoms with Gasteiger partial charge in [-0.15, -0.1) is 11.8 Å². The number of hydrogen-bond donors (Lipinski definition) is 1. The molecule has 0 radical (unpaired) electrons. The lowest BCUT2D eigenvalue weighted by Crippen LogP contribution is -2.37. The number of aromatic nitrogens is 3. The number of carbonyl (C=O) groups excluding carboxylic acids is 1. The molecule has 1 aromatic carbocycles. The number of methoxy groups -OCH3 is 1. The molecule has 8 nitrogen and oxygen atoms in total. The number of nitrogens with zero attached hydrogens (tertiary/aromatic N) is 4. The van der Waals surface area contributed by atoms with Crippen LogP contribution in [-0.2, 0) is 24.3 Å². The molecule has 158 valence electrons. The maximum Gasteiger partial charge on any atom is 0.345 e. The van der Waals surface area contributed by atoms with E-state index in [1.54, 1.807) is 16.4 Å². The summed E-state index contributed by atoms with van der Waals surface area (Å²) in [5, 5.41) is 7.61. The van der Waals surface area contributed by atoms with Gasteiger partial charge in [-0.05, 0) is 45.1 Å². The molecule has 1 aromatic heterocycles. The molecular weight excluding hydrogens is 390 g/mol. The van der Waals surface area contributed by atoms with Crippen molar-refractivity contribution in [1.82, 2.24) is 24.6 Å². The van der Waals surface area contributed by atoms with Gasteiger partial charge in [0.1, 0.15) is 11.6 Å². The summed E-state index contributed by atoms with van der Waals surface area (Å²) in [5.41, 5.74) is -0.0533. The quantitative estimate of drug-likeness (QED) is 0.648. The Morgan fingerprint density at radius 2 is 2.21 bits per heavy atom. The van der Waals surface area contributed by atoms with Crippen LogP contribution in [0, 0.1) is 0 Å². The summed E-state index contributed by atoms with van der Waals surface area (Å²) in [6.45, 7) is 1.96. The number of thioether (sulfide) groups is 1. The van der Waals surface area contributed by atoms with E-state index in [2.05, 4.69) is 10.4 Å². The Hall–Kier alpha value is -2.26. The first kappa shape index (κ1) is 21.4. The molecule has 29 heavy (non-hydrogen) atoms. The van der Waals surface area contributed by atoms with Gasteiger partial charge >= 0.3 is 5.69 Å². The normalized spacial score (nSPS) is 16.3. The SMILES string of the molecule is COc1cccc(SCC(=O)NC2CCc3nn(CCN(C)C)c(=O)n3CC2)c1. The van der Waals surface area contributed by atoms with Crippen molar-refractivity contribution in [3.05, 3.63) is 40.6 Å². The number of amides is 1. The van der Waals surface area contributed by atoms with Crippen molar-refractivity contribution in [2.24, 2.45) is 0 Å². The Labute approximate surface area is 175 Å². The first-order chi connectivity index (χ1) is 14.0. The van der Waals surface area contributed by atoms with E-state index in [0.29, 0.717) is 25.3 Å². The van der Waals surface area contributed by atoms with Crippen LogP contribution in [0.2, 0.25) is 0 Å². The monoisotopic (exact) mass is 419 g/mol. The van der Waals surface area contributed by atoms with Crippen LogP contribution in [0.1, 0.15) is 18.7 Å². The summed E-state index contributed by atoms with van der Waals surface area (Å²) >= 11 is 1.49. The predicted molar refractivity (Wildman–Crippen MR) is 114 cm³/mol. The third kappa shape index (κ3) is 5.86. The maximum absolute atomic E-state index is 12.6. The van der Waals surface area contributed by atoms with E-state index in [9.17, 15) is 9.59 Å². The van der Waals surface area contributed by atoms with Crippen molar-refractivity contribution in [2.45, 2.75) is 43.3 Å². The van der Waals surface area contributed by atoms with Crippen molar-refractivity contribution >= 4 is 17.7 Å². The second kappa shape index (κ2) is 9.98. The molecule has 1 N–H and O–H groups in total. The van der Waals surface area contributed by atoms with Crippen LogP contribution in [0.25, 0.3) is 0 Å². The zero-order chi connectivity index (χ0) is 20.8. The largest absolute Gasteiger partial charge is 0.497 e. The first-order valence-corrected chi connectivity index (χ1v) is 10.8. The van der Waals surface area contributed by atoms with Crippen molar-refractivity contribution in [3.8, 4) is 5.75 Å². The summed E-state index contributed by atoms with van der Waals surface area (Å²) in [6, 6.07) is 7.74. The van der Waals surface area contributed by atoms with Crippen LogP contribution in [0.3, 0.4) is 0 Å². The van der Waals surface area contributed by atoms with Gasteiger partial charge in [-0.25, -0.2) is 9.48 Å². The number of ether oxygens (including phenoxy) is 1. The van der Waals surface area contributed by atoms with Crippen molar-refractivity contribution in [1.29, 1.82) is 0 Å². The number of likely N-dealkylation sites (N-methyl/N-ethyl adjacent to an activating group) is 1. The standard InChI is InChI=1S/C20H29N5O3S/c1-23(2)11-12-25-20(27)24-10-9-15(7-8-18(24)22-25)21-19(26)14-29-17-6-4-5-16(13-17)28-3/h4-6,13,15H,7-12,14H2,1-3H3,(H,21,26). The van der Waals surface area contributed by atoms with Crippen LogP contribution in [-0.4, -0.2) is 64.7 Å². The van der Waals surface area contributed by atoms with Crippen molar-refractivity contribution in [2.75, 3.05) is 33.5 Å². The van der Waals surface area contributed by atoms with Gasteiger partial charge in [0, 0.05) is 30.4 Å². The molecule has 0 bridgehead atoms. The molecular formula is C20H29N5O3S. The molecule has 0 aliphatic carbocycles. The van der Waals surface area contributed by atoms with Crippen molar-refractivity contribution in [3.63, 3.8) is 0 Å². The number of benzene rings is 1. The molecule has 3 rings (SSSR count). The summed E-state index contributed by atoms with van der Waals surface area (Å²) in [7, 11) is 5.59. The molecule has 1 unspecified atom stereocenters. The molecule has 2 aromatic rings. The van der Waals surface area contributed by atoms with E-state index in [1.165, 1.54) is 11.8 Å². The highest BCUT2D eigenvalue weighted by atomic mass is 32.2. The van der Waals surface area contributed by atoms with E-state index in [4.69, 9.17) is 4.74 Å². The summed E-state index contributed by atoms with van der Waals surface area (Å²) in [6.07, 6.45) is 2.22. The summed E-state index contributed by atoms with van der Waals surface area (Å²) in [5.74, 6) is 1.96. The fraction of sp³-hybridized carbons (Fsp3) is 0.550. The van der Waals surface area contributed by atoms with Gasteiger partial charge in [0.25, 0.3) is 0 Å². The van der Waals surface area contributed by atoms with Gasteiger partial charge in [-0.3, -0.25) is 9.36 Å². The highest BCUT2D eigenvalue weighted by Crippen LogP contribution is 2.22. The number of hydrogen-bond acceptors (Lipinski definition) is 6. The average Bonchev–Trinajstić information content (AvgIpc) is 2.87. The van der Waals surface area contributed by atoms with E-state index in [-0.39, 0.29) is 17.6 Å². The van der Waals surface area contributed by atoms with Gasteiger partial charge in [-0.1, -0.05) is 6.07 Å². The molecule has 1 aliphatic rings. The second-order valence-electron chi connectivity index (χ2n) is 7.44. The number of fused-ring (bicyclic) bond motifs is 1. The first-order valence-electron chi connectivity index (χ1n) is 9.83. The molecule has 0 spiro atoms. The lowest BCUT2D eigenvalue weighted by atomic mass is 10.1. The molecule has 1 aliphatic heterocycles. The second-order valence-corrected chi connectivity index (χ2v) is 8.49. The van der Waals surface area contributed by atoms with Crippen LogP contribution in [0.15, 0.2) is 34.0 Å². The number of nitrogens with one attached hydrogen (secondary N) is 1. The van der Waals surface area contributed by atoms with Crippen LogP contribution in [0.4, 0.5) is 0 Å². The van der Waals surface area contributed by atoms with E-state index >= 15 is 0 Å². The van der Waals surface area contributed by atoms with Gasteiger partial charge in [-0.2, -0.15) is 5.10 Å². The Morgan fingerprint density at radius 1 is 1.38 bits per heavy atom. The Kier molecular flexibility index (Phi) is 7.38. The van der Waals surface area contributed by atoms with Gasteiger partial charge < -0.3 is 15.0 Å². The van der Waals surface area contributed by atoms with Crippen LogP contribution < -0.4 is 15.7 Å².